The Hall–Kier alpha value is -1.98. The fourth-order valence-electron chi connectivity index (χ4n) is 5.57. The van der Waals surface area contributed by atoms with Crippen molar-refractivity contribution < 1.29 is 9.85 Å². The Kier molecular flexibility index (Phi) is 8.23. The molecule has 2 aliphatic carbocycles. The summed E-state index contributed by atoms with van der Waals surface area (Å²) >= 11 is 0. The van der Waals surface area contributed by atoms with E-state index in [0.29, 0.717) is 19.3 Å². The van der Waals surface area contributed by atoms with Crippen molar-refractivity contribution in [1.29, 1.82) is 0 Å². The van der Waals surface area contributed by atoms with Crippen LogP contribution in [-0.4, -0.2) is 15.9 Å². The molecule has 3 rings (SSSR count). The van der Waals surface area contributed by atoms with Crippen LogP contribution in [0, 0.1) is 20.2 Å². The van der Waals surface area contributed by atoms with Crippen LogP contribution in [0.2, 0.25) is 0 Å². The Labute approximate surface area is 179 Å². The van der Waals surface area contributed by atoms with E-state index in [4.69, 9.17) is 0 Å². The van der Waals surface area contributed by atoms with Crippen LogP contribution >= 0.6 is 0 Å². The maximum Gasteiger partial charge on any atom is 0.254 e. The second kappa shape index (κ2) is 10.9. The van der Waals surface area contributed by atoms with Crippen LogP contribution in [0.4, 0.5) is 0 Å². The van der Waals surface area contributed by atoms with Crippen molar-refractivity contribution in [2.24, 2.45) is 0 Å². The van der Waals surface area contributed by atoms with Crippen LogP contribution in [0.5, 0.6) is 0 Å². The van der Waals surface area contributed by atoms with Crippen molar-refractivity contribution in [3.63, 3.8) is 0 Å². The average Bonchev–Trinajstić information content (AvgIpc) is 2.89. The molecule has 6 nitrogen and oxygen atoms in total. The maximum atomic E-state index is 12.6. The van der Waals surface area contributed by atoms with Crippen LogP contribution in [0.1, 0.15) is 107 Å². The van der Waals surface area contributed by atoms with E-state index in [9.17, 15) is 20.2 Å². The molecule has 1 aromatic rings. The summed E-state index contributed by atoms with van der Waals surface area (Å²) in [6.45, 7) is 0. The second-order valence-electron chi connectivity index (χ2n) is 9.31. The number of nitro groups is 2. The summed E-state index contributed by atoms with van der Waals surface area (Å²) in [5.74, 6) is 0. The molecule has 0 aliphatic heterocycles. The highest BCUT2D eigenvalue weighted by molar-refractivity contribution is 5.41. The Morgan fingerprint density at radius 2 is 1.30 bits per heavy atom. The summed E-state index contributed by atoms with van der Waals surface area (Å²) in [6.07, 6.45) is 14.8. The summed E-state index contributed by atoms with van der Waals surface area (Å²) < 4.78 is 0. The van der Waals surface area contributed by atoms with E-state index in [1.807, 2.05) is 18.2 Å². The minimum atomic E-state index is -1.32. The highest BCUT2D eigenvalue weighted by Gasteiger charge is 2.52. The Morgan fingerprint density at radius 1 is 0.767 bits per heavy atom. The minimum absolute atomic E-state index is 0.0248. The number of rotatable bonds is 2. The van der Waals surface area contributed by atoms with Gasteiger partial charge >= 0.3 is 0 Å². The molecule has 0 spiro atoms. The molecule has 0 amide bonds. The molecule has 0 saturated carbocycles. The second-order valence-corrected chi connectivity index (χ2v) is 9.31. The third-order valence-corrected chi connectivity index (χ3v) is 7.21. The van der Waals surface area contributed by atoms with Crippen molar-refractivity contribution >= 4 is 0 Å². The monoisotopic (exact) mass is 416 g/mol. The quantitative estimate of drug-likeness (QED) is 0.413. The van der Waals surface area contributed by atoms with Gasteiger partial charge in [0.1, 0.15) is 0 Å². The summed E-state index contributed by atoms with van der Waals surface area (Å²) in [5.41, 5.74) is 1.53. The molecule has 0 N–H and O–H groups in total. The molecule has 2 unspecified atom stereocenters. The summed E-state index contributed by atoms with van der Waals surface area (Å²) in [4.78, 5) is 23.9. The zero-order chi connectivity index (χ0) is 21.4. The van der Waals surface area contributed by atoms with E-state index in [1.54, 1.807) is 0 Å². The lowest BCUT2D eigenvalue weighted by atomic mass is 9.76. The number of hydrogen-bond donors (Lipinski definition) is 0. The SMILES string of the molecule is O=[N+]([O-])C1CCc2cccc3c2C([N+](=O)[O-])(CCCCCCCCCCCCC3)C1. The zero-order valence-electron chi connectivity index (χ0n) is 18.2. The first-order chi connectivity index (χ1) is 14.5. The first kappa shape index (κ1) is 22.7. The molecule has 30 heavy (non-hydrogen) atoms. The molecule has 0 heterocycles. The number of benzene rings is 1. The van der Waals surface area contributed by atoms with Crippen molar-refractivity contribution in [1.82, 2.24) is 0 Å². The largest absolute Gasteiger partial charge is 0.264 e. The lowest BCUT2D eigenvalue weighted by Gasteiger charge is -2.29. The van der Waals surface area contributed by atoms with Gasteiger partial charge in [-0.25, -0.2) is 0 Å². The molecule has 2 aliphatic rings. The van der Waals surface area contributed by atoms with Crippen molar-refractivity contribution in [3.05, 3.63) is 55.1 Å². The molecule has 0 bridgehead atoms. The molecular weight excluding hydrogens is 380 g/mol. The van der Waals surface area contributed by atoms with E-state index in [1.165, 1.54) is 38.5 Å². The maximum absolute atomic E-state index is 12.6. The van der Waals surface area contributed by atoms with E-state index in [2.05, 4.69) is 0 Å². The standard InChI is InChI=1S/C24H36N2O4/c27-25(28)22-17-16-21-15-12-14-20-13-10-8-6-4-2-1-3-5-7-9-11-18-24(19-22,23(20)21)26(29)30/h12,14-15,22H,1-11,13,16-19H2. The molecule has 0 aromatic heterocycles. The van der Waals surface area contributed by atoms with Gasteiger partial charge in [-0.2, -0.15) is 0 Å². The molecule has 0 saturated heterocycles. The fraction of sp³-hybridized carbons (Fsp3) is 0.750. The smallest absolute Gasteiger partial charge is 0.254 e. The molecule has 0 radical (unpaired) electrons. The summed E-state index contributed by atoms with van der Waals surface area (Å²) in [7, 11) is 0. The fourth-order valence-corrected chi connectivity index (χ4v) is 5.57. The lowest BCUT2D eigenvalue weighted by Crippen LogP contribution is -2.41. The number of nitrogens with zero attached hydrogens (tertiary/aromatic N) is 2. The van der Waals surface area contributed by atoms with Crippen molar-refractivity contribution in [2.45, 2.75) is 114 Å². The third kappa shape index (κ3) is 5.38. The molecular formula is C24H36N2O4. The van der Waals surface area contributed by atoms with Gasteiger partial charge in [-0.15, -0.1) is 0 Å². The number of hydrogen-bond acceptors (Lipinski definition) is 4. The van der Waals surface area contributed by atoms with Gasteiger partial charge in [0.25, 0.3) is 5.54 Å². The Morgan fingerprint density at radius 3 is 1.87 bits per heavy atom. The minimum Gasteiger partial charge on any atom is -0.264 e. The van der Waals surface area contributed by atoms with Crippen LogP contribution in [-0.2, 0) is 18.4 Å². The van der Waals surface area contributed by atoms with E-state index in [-0.39, 0.29) is 16.3 Å². The van der Waals surface area contributed by atoms with Crippen LogP contribution < -0.4 is 0 Å². The first-order valence-corrected chi connectivity index (χ1v) is 11.9. The van der Waals surface area contributed by atoms with Crippen molar-refractivity contribution in [2.75, 3.05) is 0 Å². The van der Waals surface area contributed by atoms with Gasteiger partial charge in [-0.05, 0) is 36.8 Å². The molecule has 1 aromatic carbocycles. The molecule has 166 valence electrons. The topological polar surface area (TPSA) is 86.3 Å². The van der Waals surface area contributed by atoms with Crippen molar-refractivity contribution in [3.8, 4) is 0 Å². The van der Waals surface area contributed by atoms with Gasteiger partial charge in [0.05, 0.1) is 6.42 Å². The Balaban J connectivity index is 1.98. The van der Waals surface area contributed by atoms with Crippen LogP contribution in [0.3, 0.4) is 0 Å². The highest BCUT2D eigenvalue weighted by atomic mass is 16.6. The molecule has 0 fully saturated rings. The normalized spacial score (nSPS) is 26.9. The van der Waals surface area contributed by atoms with Gasteiger partial charge in [-0.1, -0.05) is 76.0 Å². The third-order valence-electron chi connectivity index (χ3n) is 7.21. The van der Waals surface area contributed by atoms with Crippen LogP contribution in [0.25, 0.3) is 0 Å². The molecule has 2 atom stereocenters. The van der Waals surface area contributed by atoms with Gasteiger partial charge in [0, 0.05) is 28.3 Å². The average molecular weight is 417 g/mol. The van der Waals surface area contributed by atoms with E-state index in [0.717, 1.165) is 55.2 Å². The molecule has 6 heteroatoms. The van der Waals surface area contributed by atoms with Gasteiger partial charge in [-0.3, -0.25) is 20.2 Å². The van der Waals surface area contributed by atoms with Gasteiger partial charge < -0.3 is 0 Å². The predicted octanol–water partition coefficient (Wildman–Crippen LogP) is 6.38. The van der Waals surface area contributed by atoms with Gasteiger partial charge in [0.2, 0.25) is 6.04 Å². The first-order valence-electron chi connectivity index (χ1n) is 11.9. The zero-order valence-corrected chi connectivity index (χ0v) is 18.2. The van der Waals surface area contributed by atoms with E-state index < -0.39 is 11.6 Å². The van der Waals surface area contributed by atoms with Crippen LogP contribution in [0.15, 0.2) is 18.2 Å². The van der Waals surface area contributed by atoms with Gasteiger partial charge in [0.15, 0.2) is 0 Å². The predicted molar refractivity (Wildman–Crippen MR) is 118 cm³/mol. The number of aryl methyl sites for hydroxylation is 2. The summed E-state index contributed by atoms with van der Waals surface area (Å²) in [5, 5.41) is 24.3. The lowest BCUT2D eigenvalue weighted by molar-refractivity contribution is -0.602. The summed E-state index contributed by atoms with van der Waals surface area (Å²) in [6, 6.07) is 5.15. The highest BCUT2D eigenvalue weighted by Crippen LogP contribution is 2.44. The Bertz CT molecular complexity index is 736. The van der Waals surface area contributed by atoms with E-state index >= 15 is 0 Å².